The number of carbonyl (C=O) groups excluding carboxylic acids is 2. The summed E-state index contributed by atoms with van der Waals surface area (Å²) in [7, 11) is 0. The van der Waals surface area contributed by atoms with Gasteiger partial charge in [-0.05, 0) is 25.5 Å². The lowest BCUT2D eigenvalue weighted by Crippen LogP contribution is -2.49. The molecule has 0 radical (unpaired) electrons. The van der Waals surface area contributed by atoms with E-state index in [4.69, 9.17) is 9.47 Å². The van der Waals surface area contributed by atoms with E-state index in [-0.39, 0.29) is 24.7 Å². The largest absolute Gasteiger partial charge is 0.452 e. The molecule has 0 spiro atoms. The molecule has 8 heteroatoms. The molecule has 2 heterocycles. The third-order valence-electron chi connectivity index (χ3n) is 4.24. The van der Waals surface area contributed by atoms with Crippen LogP contribution in [-0.4, -0.2) is 63.7 Å². The Labute approximate surface area is 163 Å². The van der Waals surface area contributed by atoms with Crippen LogP contribution in [0.15, 0.2) is 42.6 Å². The number of amides is 1. The van der Waals surface area contributed by atoms with Gasteiger partial charge in [-0.3, -0.25) is 4.79 Å². The van der Waals surface area contributed by atoms with Crippen LogP contribution in [-0.2, 0) is 25.6 Å². The highest BCUT2D eigenvalue weighted by molar-refractivity contribution is 5.89. The lowest BCUT2D eigenvalue weighted by molar-refractivity contribution is -0.154. The summed E-state index contributed by atoms with van der Waals surface area (Å²) >= 11 is 0. The van der Waals surface area contributed by atoms with E-state index in [0.717, 1.165) is 5.56 Å². The van der Waals surface area contributed by atoms with Crippen LogP contribution in [0, 0.1) is 0 Å². The molecule has 1 aliphatic heterocycles. The summed E-state index contributed by atoms with van der Waals surface area (Å²) in [4.78, 5) is 25.7. The van der Waals surface area contributed by atoms with Crippen LogP contribution in [0.4, 0.5) is 0 Å². The van der Waals surface area contributed by atoms with E-state index >= 15 is 0 Å². The van der Waals surface area contributed by atoms with Gasteiger partial charge in [0.05, 0.1) is 24.9 Å². The molecule has 0 N–H and O–H groups in total. The normalized spacial score (nSPS) is 19.7. The van der Waals surface area contributed by atoms with Gasteiger partial charge >= 0.3 is 5.97 Å². The molecule has 0 unspecified atom stereocenters. The number of carbonyl (C=O) groups is 2. The van der Waals surface area contributed by atoms with Gasteiger partial charge in [0, 0.05) is 19.2 Å². The molecule has 2 atom stereocenters. The highest BCUT2D eigenvalue weighted by Gasteiger charge is 2.26. The van der Waals surface area contributed by atoms with Crippen molar-refractivity contribution in [2.75, 3.05) is 19.7 Å². The van der Waals surface area contributed by atoms with Crippen molar-refractivity contribution in [2.45, 2.75) is 32.6 Å². The first kappa shape index (κ1) is 19.8. The van der Waals surface area contributed by atoms with Crippen LogP contribution in [0.3, 0.4) is 0 Å². The molecule has 8 nitrogen and oxygen atoms in total. The SMILES string of the molecule is C[C@H]1CN(C(=O)COC(=O)/C=C/c2cn(Cc3ccccc3)nn2)C[C@H](C)O1. The van der Waals surface area contributed by atoms with E-state index < -0.39 is 5.97 Å². The van der Waals surface area contributed by atoms with Crippen molar-refractivity contribution in [1.29, 1.82) is 0 Å². The van der Waals surface area contributed by atoms with Gasteiger partial charge in [-0.2, -0.15) is 0 Å². The second-order valence-corrected chi connectivity index (χ2v) is 6.82. The molecule has 1 aromatic heterocycles. The van der Waals surface area contributed by atoms with E-state index in [1.807, 2.05) is 44.2 Å². The van der Waals surface area contributed by atoms with Gasteiger partial charge in [-0.25, -0.2) is 9.48 Å². The molecule has 1 saturated heterocycles. The number of benzene rings is 1. The fourth-order valence-electron chi connectivity index (χ4n) is 3.04. The van der Waals surface area contributed by atoms with Crippen LogP contribution in [0.5, 0.6) is 0 Å². The molecule has 3 rings (SSSR count). The van der Waals surface area contributed by atoms with Crippen LogP contribution in [0.1, 0.15) is 25.1 Å². The molecule has 1 aromatic carbocycles. The predicted octanol–water partition coefficient (Wildman–Crippen LogP) is 1.52. The van der Waals surface area contributed by atoms with E-state index in [1.165, 1.54) is 12.2 Å². The lowest BCUT2D eigenvalue weighted by atomic mass is 10.2. The third-order valence-corrected chi connectivity index (χ3v) is 4.24. The van der Waals surface area contributed by atoms with Crippen LogP contribution in [0.25, 0.3) is 6.08 Å². The number of hydrogen-bond donors (Lipinski definition) is 0. The maximum absolute atomic E-state index is 12.2. The summed E-state index contributed by atoms with van der Waals surface area (Å²) in [6.07, 6.45) is 4.44. The Morgan fingerprint density at radius 2 is 1.93 bits per heavy atom. The Kier molecular flexibility index (Phi) is 6.54. The van der Waals surface area contributed by atoms with Gasteiger partial charge in [-0.15, -0.1) is 5.10 Å². The summed E-state index contributed by atoms with van der Waals surface area (Å²) in [5.41, 5.74) is 1.64. The first-order valence-corrected chi connectivity index (χ1v) is 9.21. The van der Waals surface area contributed by atoms with E-state index in [9.17, 15) is 9.59 Å². The molecule has 0 bridgehead atoms. The topological polar surface area (TPSA) is 86.6 Å². The van der Waals surface area contributed by atoms with Crippen molar-refractivity contribution in [1.82, 2.24) is 19.9 Å². The van der Waals surface area contributed by atoms with Crippen molar-refractivity contribution < 1.29 is 19.1 Å². The number of hydrogen-bond acceptors (Lipinski definition) is 6. The third kappa shape index (κ3) is 5.75. The number of aromatic nitrogens is 3. The molecule has 1 amide bonds. The van der Waals surface area contributed by atoms with E-state index in [2.05, 4.69) is 10.3 Å². The van der Waals surface area contributed by atoms with Gasteiger partial charge in [0.25, 0.3) is 5.91 Å². The van der Waals surface area contributed by atoms with Gasteiger partial charge in [0.15, 0.2) is 6.61 Å². The molecule has 1 aliphatic rings. The van der Waals surface area contributed by atoms with Crippen LogP contribution < -0.4 is 0 Å². The number of nitrogens with zero attached hydrogens (tertiary/aromatic N) is 4. The quantitative estimate of drug-likeness (QED) is 0.554. The first-order chi connectivity index (χ1) is 13.5. The summed E-state index contributed by atoms with van der Waals surface area (Å²) in [5.74, 6) is -0.821. The van der Waals surface area contributed by atoms with Crippen molar-refractivity contribution in [3.05, 3.63) is 53.9 Å². The zero-order valence-electron chi connectivity index (χ0n) is 16.0. The number of esters is 1. The number of rotatable bonds is 6. The van der Waals surface area contributed by atoms with Crippen molar-refractivity contribution in [3.63, 3.8) is 0 Å². The maximum Gasteiger partial charge on any atom is 0.331 e. The number of ether oxygens (including phenoxy) is 2. The van der Waals surface area contributed by atoms with Gasteiger partial charge in [0.2, 0.25) is 0 Å². The summed E-state index contributed by atoms with van der Waals surface area (Å²) in [6.45, 7) is 5.13. The second-order valence-electron chi connectivity index (χ2n) is 6.82. The minimum absolute atomic E-state index is 0.0261. The second kappa shape index (κ2) is 9.27. The minimum atomic E-state index is -0.597. The Hall–Kier alpha value is -3.00. The summed E-state index contributed by atoms with van der Waals surface area (Å²) in [5, 5.41) is 8.03. The molecular formula is C20H24N4O4. The van der Waals surface area contributed by atoms with Crippen molar-refractivity contribution >= 4 is 18.0 Å². The predicted molar refractivity (Wildman–Crippen MR) is 102 cm³/mol. The van der Waals surface area contributed by atoms with Crippen molar-refractivity contribution in [2.24, 2.45) is 0 Å². The Bertz CT molecular complexity index is 824. The average Bonchev–Trinajstić information content (AvgIpc) is 3.12. The van der Waals surface area contributed by atoms with Gasteiger partial charge in [-0.1, -0.05) is 35.5 Å². The van der Waals surface area contributed by atoms with Gasteiger partial charge in [0.1, 0.15) is 5.69 Å². The van der Waals surface area contributed by atoms with Crippen molar-refractivity contribution in [3.8, 4) is 0 Å². The van der Waals surface area contributed by atoms with Crippen LogP contribution >= 0.6 is 0 Å². The van der Waals surface area contributed by atoms with E-state index in [1.54, 1.807) is 15.8 Å². The summed E-state index contributed by atoms with van der Waals surface area (Å²) in [6, 6.07) is 9.88. The monoisotopic (exact) mass is 384 g/mol. The lowest BCUT2D eigenvalue weighted by Gasteiger charge is -2.35. The van der Waals surface area contributed by atoms with Crippen LogP contribution in [0.2, 0.25) is 0 Å². The molecule has 28 heavy (non-hydrogen) atoms. The molecule has 0 aliphatic carbocycles. The Balaban J connectivity index is 1.45. The standard InChI is InChI=1S/C20H24N4O4/c1-15-10-23(11-16(2)28-15)19(25)14-27-20(26)9-8-18-13-24(22-21-18)12-17-6-4-3-5-7-17/h3-9,13,15-16H,10-12,14H2,1-2H3/b9-8+/t15-,16-/m0/s1. The minimum Gasteiger partial charge on any atom is -0.452 e. The summed E-state index contributed by atoms with van der Waals surface area (Å²) < 4.78 is 12.3. The zero-order chi connectivity index (χ0) is 19.9. The average molecular weight is 384 g/mol. The van der Waals surface area contributed by atoms with Gasteiger partial charge < -0.3 is 14.4 Å². The van der Waals surface area contributed by atoms with E-state index in [0.29, 0.717) is 25.3 Å². The molecule has 148 valence electrons. The highest BCUT2D eigenvalue weighted by atomic mass is 16.5. The maximum atomic E-state index is 12.2. The smallest absolute Gasteiger partial charge is 0.331 e. The Morgan fingerprint density at radius 3 is 2.64 bits per heavy atom. The zero-order valence-corrected chi connectivity index (χ0v) is 16.0. The molecule has 1 fully saturated rings. The molecular weight excluding hydrogens is 360 g/mol. The highest BCUT2D eigenvalue weighted by Crippen LogP contribution is 2.11. The first-order valence-electron chi connectivity index (χ1n) is 9.21. The molecule has 0 saturated carbocycles. The fourth-order valence-corrected chi connectivity index (χ4v) is 3.04. The number of morpholine rings is 1. The molecule has 2 aromatic rings. The fraction of sp³-hybridized carbons (Fsp3) is 0.400. The Morgan fingerprint density at radius 1 is 1.21 bits per heavy atom.